The van der Waals surface area contributed by atoms with Crippen LogP contribution in [0.4, 0.5) is 0 Å². The first-order chi connectivity index (χ1) is 10.5. The van der Waals surface area contributed by atoms with Crippen LogP contribution in [-0.2, 0) is 18.9 Å². The Labute approximate surface area is 132 Å². The molecule has 116 valence electrons. The highest BCUT2D eigenvalue weighted by Crippen LogP contribution is 2.46. The lowest BCUT2D eigenvalue weighted by Crippen LogP contribution is -2.56. The zero-order valence-electron chi connectivity index (χ0n) is 13.8. The lowest BCUT2D eigenvalue weighted by molar-refractivity contribution is 0.158. The monoisotopic (exact) mass is 296 g/mol. The summed E-state index contributed by atoms with van der Waals surface area (Å²) in [6, 6.07) is 7.50. The summed E-state index contributed by atoms with van der Waals surface area (Å²) in [4.78, 5) is 0. The second-order valence-corrected chi connectivity index (χ2v) is 7.22. The van der Waals surface area contributed by atoms with Crippen molar-refractivity contribution in [1.82, 2.24) is 20.1 Å². The third-order valence-corrected chi connectivity index (χ3v) is 6.18. The third kappa shape index (κ3) is 1.80. The van der Waals surface area contributed by atoms with Crippen LogP contribution in [0.1, 0.15) is 37.2 Å². The van der Waals surface area contributed by atoms with Gasteiger partial charge in [-0.2, -0.15) is 0 Å². The first kappa shape index (κ1) is 13.9. The van der Waals surface area contributed by atoms with Crippen LogP contribution >= 0.6 is 0 Å². The highest BCUT2D eigenvalue weighted by atomic mass is 15.3. The minimum absolute atomic E-state index is 0.271. The van der Waals surface area contributed by atoms with E-state index in [1.54, 1.807) is 0 Å². The fourth-order valence-electron chi connectivity index (χ4n) is 4.32. The summed E-state index contributed by atoms with van der Waals surface area (Å²) in [6.07, 6.45) is 2.35. The van der Waals surface area contributed by atoms with Crippen LogP contribution < -0.4 is 5.32 Å². The van der Waals surface area contributed by atoms with Crippen LogP contribution in [0.3, 0.4) is 0 Å². The van der Waals surface area contributed by atoms with E-state index in [4.69, 9.17) is 0 Å². The Kier molecular flexibility index (Phi) is 2.95. The molecule has 1 saturated heterocycles. The smallest absolute Gasteiger partial charge is 0.163 e. The van der Waals surface area contributed by atoms with Crippen molar-refractivity contribution in [3.8, 4) is 11.4 Å². The molecule has 0 radical (unpaired) electrons. The van der Waals surface area contributed by atoms with Gasteiger partial charge >= 0.3 is 0 Å². The largest absolute Gasteiger partial charge is 0.314 e. The van der Waals surface area contributed by atoms with E-state index in [-0.39, 0.29) is 5.41 Å². The third-order valence-electron chi connectivity index (χ3n) is 6.18. The highest BCUT2D eigenvalue weighted by molar-refractivity contribution is 5.60. The average molecular weight is 296 g/mol. The summed E-state index contributed by atoms with van der Waals surface area (Å²) in [5.74, 6) is 2.59. The van der Waals surface area contributed by atoms with Crippen LogP contribution in [0.15, 0.2) is 18.2 Å². The summed E-state index contributed by atoms with van der Waals surface area (Å²) in [5, 5.41) is 12.3. The van der Waals surface area contributed by atoms with Gasteiger partial charge in [-0.1, -0.05) is 26.0 Å². The van der Waals surface area contributed by atoms with Gasteiger partial charge in [0.05, 0.1) is 0 Å². The molecule has 1 N–H and O–H groups in total. The molecular formula is C18H24N4. The normalized spacial score (nSPS) is 30.2. The summed E-state index contributed by atoms with van der Waals surface area (Å²) < 4.78 is 2.07. The van der Waals surface area contributed by atoms with E-state index >= 15 is 0 Å². The van der Waals surface area contributed by atoms with Crippen molar-refractivity contribution < 1.29 is 0 Å². The SMILES string of the molecule is Cc1nnc(-c2ccc3c(c2)[C@]2(C)CCN[C@H](C3)[C@H]2C)n1C. The number of rotatable bonds is 1. The minimum atomic E-state index is 0.271. The maximum Gasteiger partial charge on any atom is 0.163 e. The molecule has 2 heterocycles. The summed E-state index contributed by atoms with van der Waals surface area (Å²) in [7, 11) is 2.04. The quantitative estimate of drug-likeness (QED) is 0.879. The van der Waals surface area contributed by atoms with E-state index in [0.29, 0.717) is 12.0 Å². The molecule has 0 amide bonds. The van der Waals surface area contributed by atoms with Crippen LogP contribution in [0.5, 0.6) is 0 Å². The molecule has 0 unspecified atom stereocenters. The number of nitrogens with zero attached hydrogens (tertiary/aromatic N) is 3. The molecule has 2 aromatic rings. The molecule has 4 rings (SSSR count). The Morgan fingerprint density at radius 3 is 2.86 bits per heavy atom. The molecule has 1 aliphatic carbocycles. The number of nitrogens with one attached hydrogen (secondary N) is 1. The molecule has 3 atom stereocenters. The van der Waals surface area contributed by atoms with Gasteiger partial charge in [0.1, 0.15) is 5.82 Å². The highest BCUT2D eigenvalue weighted by Gasteiger charge is 2.45. The predicted molar refractivity (Wildman–Crippen MR) is 87.8 cm³/mol. The average Bonchev–Trinajstić information content (AvgIpc) is 2.82. The number of fused-ring (bicyclic) bond motifs is 4. The molecule has 1 aromatic heterocycles. The number of piperidine rings is 1. The lowest BCUT2D eigenvalue weighted by Gasteiger charge is -2.50. The summed E-state index contributed by atoms with van der Waals surface area (Å²) in [6.45, 7) is 7.96. The molecule has 1 aromatic carbocycles. The first-order valence-corrected chi connectivity index (χ1v) is 8.24. The van der Waals surface area contributed by atoms with E-state index < -0.39 is 0 Å². The van der Waals surface area contributed by atoms with Gasteiger partial charge in [-0.3, -0.25) is 0 Å². The molecule has 1 aliphatic heterocycles. The topological polar surface area (TPSA) is 42.7 Å². The van der Waals surface area contributed by atoms with E-state index in [2.05, 4.69) is 52.1 Å². The van der Waals surface area contributed by atoms with Gasteiger partial charge in [-0.05, 0) is 54.8 Å². The molecule has 0 spiro atoms. The second kappa shape index (κ2) is 4.66. The Balaban J connectivity index is 1.86. The standard InChI is InChI=1S/C18H24N4/c1-11-16-10-13-5-6-14(17-21-20-12(2)22(17)4)9-15(13)18(11,3)7-8-19-16/h5-6,9,11,16,19H,7-8,10H2,1-4H3/t11-,16-,18-/m1/s1. The molecular weight excluding hydrogens is 272 g/mol. The summed E-state index contributed by atoms with van der Waals surface area (Å²) in [5.41, 5.74) is 4.48. The second-order valence-electron chi connectivity index (χ2n) is 7.22. The van der Waals surface area contributed by atoms with Crippen molar-refractivity contribution in [2.24, 2.45) is 13.0 Å². The number of aryl methyl sites for hydroxylation is 1. The van der Waals surface area contributed by atoms with Crippen LogP contribution in [0, 0.1) is 12.8 Å². The number of benzene rings is 1. The van der Waals surface area contributed by atoms with Crippen LogP contribution in [-0.4, -0.2) is 27.4 Å². The van der Waals surface area contributed by atoms with Gasteiger partial charge in [-0.15, -0.1) is 10.2 Å². The van der Waals surface area contributed by atoms with E-state index in [9.17, 15) is 0 Å². The van der Waals surface area contributed by atoms with E-state index in [0.717, 1.165) is 24.6 Å². The van der Waals surface area contributed by atoms with Crippen molar-refractivity contribution in [2.75, 3.05) is 6.54 Å². The van der Waals surface area contributed by atoms with Crippen LogP contribution in [0.2, 0.25) is 0 Å². The van der Waals surface area contributed by atoms with Gasteiger partial charge < -0.3 is 9.88 Å². The molecule has 22 heavy (non-hydrogen) atoms. The fraction of sp³-hybridized carbons (Fsp3) is 0.556. The van der Waals surface area contributed by atoms with E-state index in [1.807, 2.05) is 14.0 Å². The number of aromatic nitrogens is 3. The molecule has 4 nitrogen and oxygen atoms in total. The number of hydrogen-bond donors (Lipinski definition) is 1. The maximum atomic E-state index is 4.36. The van der Waals surface area contributed by atoms with Gasteiger partial charge in [0, 0.05) is 18.7 Å². The molecule has 1 fully saturated rings. The Hall–Kier alpha value is -1.68. The van der Waals surface area contributed by atoms with Crippen molar-refractivity contribution in [3.63, 3.8) is 0 Å². The molecule has 4 heteroatoms. The molecule has 2 aliphatic rings. The Morgan fingerprint density at radius 1 is 1.32 bits per heavy atom. The van der Waals surface area contributed by atoms with E-state index in [1.165, 1.54) is 23.1 Å². The zero-order valence-corrected chi connectivity index (χ0v) is 13.8. The lowest BCUT2D eigenvalue weighted by atomic mass is 9.59. The fourth-order valence-corrected chi connectivity index (χ4v) is 4.32. The van der Waals surface area contributed by atoms with Gasteiger partial charge in [0.25, 0.3) is 0 Å². The van der Waals surface area contributed by atoms with Crippen molar-refractivity contribution in [1.29, 1.82) is 0 Å². The first-order valence-electron chi connectivity index (χ1n) is 8.24. The van der Waals surface area contributed by atoms with Gasteiger partial charge in [0.2, 0.25) is 0 Å². The number of hydrogen-bond acceptors (Lipinski definition) is 3. The van der Waals surface area contributed by atoms with Gasteiger partial charge in [-0.25, -0.2) is 0 Å². The maximum absolute atomic E-state index is 4.36. The molecule has 2 bridgehead atoms. The predicted octanol–water partition coefficient (Wildman–Crippen LogP) is 2.60. The van der Waals surface area contributed by atoms with Crippen molar-refractivity contribution in [2.45, 2.75) is 45.1 Å². The van der Waals surface area contributed by atoms with Crippen LogP contribution in [0.25, 0.3) is 11.4 Å². The van der Waals surface area contributed by atoms with Crippen molar-refractivity contribution in [3.05, 3.63) is 35.2 Å². The van der Waals surface area contributed by atoms with Gasteiger partial charge in [0.15, 0.2) is 5.82 Å². The zero-order chi connectivity index (χ0) is 15.5. The Bertz CT molecular complexity index is 733. The minimum Gasteiger partial charge on any atom is -0.314 e. The molecule has 0 saturated carbocycles. The Morgan fingerprint density at radius 2 is 2.14 bits per heavy atom. The summed E-state index contributed by atoms with van der Waals surface area (Å²) >= 11 is 0. The van der Waals surface area contributed by atoms with Crippen molar-refractivity contribution >= 4 is 0 Å².